The van der Waals surface area contributed by atoms with Crippen molar-refractivity contribution < 1.29 is 4.74 Å². The molecule has 0 saturated heterocycles. The third-order valence-electron chi connectivity index (χ3n) is 4.47. The molecule has 0 aromatic heterocycles. The van der Waals surface area contributed by atoms with E-state index in [1.54, 1.807) is 25.3 Å². The van der Waals surface area contributed by atoms with Crippen LogP contribution in [0, 0.1) is 5.41 Å². The van der Waals surface area contributed by atoms with Gasteiger partial charge in [-0.25, -0.2) is 0 Å². The Hall–Kier alpha value is -0.860. The van der Waals surface area contributed by atoms with Crippen molar-refractivity contribution in [3.05, 3.63) is 35.4 Å². The lowest BCUT2D eigenvalue weighted by Crippen LogP contribution is -2.35. The molecule has 0 fully saturated rings. The van der Waals surface area contributed by atoms with E-state index in [-0.39, 0.29) is 0 Å². The summed E-state index contributed by atoms with van der Waals surface area (Å²) in [5, 5.41) is 0. The Labute approximate surface area is 159 Å². The molecule has 1 aromatic carbocycles. The second-order valence-corrected chi connectivity index (χ2v) is 6.84. The van der Waals surface area contributed by atoms with Gasteiger partial charge >= 0.3 is 0 Å². The van der Waals surface area contributed by atoms with Crippen molar-refractivity contribution in [2.75, 3.05) is 34.9 Å². The van der Waals surface area contributed by atoms with Crippen molar-refractivity contribution in [1.82, 2.24) is 4.90 Å². The first kappa shape index (κ1) is 26.4. The number of aryl methyl sites for hydroxylation is 1. The van der Waals surface area contributed by atoms with Gasteiger partial charge < -0.3 is 9.64 Å². The molecule has 0 bridgehead atoms. The lowest BCUT2D eigenvalue weighted by Gasteiger charge is -2.38. The first-order valence-electron chi connectivity index (χ1n) is 10.1. The summed E-state index contributed by atoms with van der Waals surface area (Å²) in [6.45, 7) is 14.0. The van der Waals surface area contributed by atoms with Gasteiger partial charge in [0.05, 0.1) is 0 Å². The second-order valence-electron chi connectivity index (χ2n) is 6.84. The van der Waals surface area contributed by atoms with E-state index in [0.717, 1.165) is 5.92 Å². The number of rotatable bonds is 5. The van der Waals surface area contributed by atoms with Crippen LogP contribution < -0.4 is 0 Å². The fraction of sp³-hybridized carbons (Fsp3) is 0.739. The predicted molar refractivity (Wildman–Crippen MR) is 115 cm³/mol. The van der Waals surface area contributed by atoms with Gasteiger partial charge in [0.25, 0.3) is 0 Å². The third kappa shape index (κ3) is 8.87. The van der Waals surface area contributed by atoms with Gasteiger partial charge in [-0.15, -0.1) is 0 Å². The number of fused-ring (bicyclic) bond motifs is 1. The highest BCUT2D eigenvalue weighted by molar-refractivity contribution is 5.36. The van der Waals surface area contributed by atoms with E-state index in [0.29, 0.717) is 5.41 Å². The normalized spacial score (nSPS) is 17.0. The van der Waals surface area contributed by atoms with Crippen LogP contribution in [0.25, 0.3) is 0 Å². The van der Waals surface area contributed by atoms with Crippen LogP contribution in [0.4, 0.5) is 0 Å². The molecular formula is C23H45NO. The molecule has 2 unspecified atom stereocenters. The SMILES string of the molecule is CC.CC.CCCC(C)(CN(C)C)C1CCc2ccccc21.COC. The highest BCUT2D eigenvalue weighted by atomic mass is 16.4. The number of hydrogen-bond acceptors (Lipinski definition) is 2. The molecule has 0 aliphatic heterocycles. The Morgan fingerprint density at radius 2 is 1.60 bits per heavy atom. The van der Waals surface area contributed by atoms with Crippen molar-refractivity contribution in [1.29, 1.82) is 0 Å². The van der Waals surface area contributed by atoms with E-state index in [4.69, 9.17) is 0 Å². The number of benzene rings is 1. The Balaban J connectivity index is 0. The molecule has 0 amide bonds. The van der Waals surface area contributed by atoms with Crippen molar-refractivity contribution >= 4 is 0 Å². The van der Waals surface area contributed by atoms with Crippen LogP contribution in [0.1, 0.15) is 77.8 Å². The van der Waals surface area contributed by atoms with E-state index in [1.165, 1.54) is 32.2 Å². The zero-order chi connectivity index (χ0) is 19.9. The summed E-state index contributed by atoms with van der Waals surface area (Å²) in [5.74, 6) is 0.746. The average molecular weight is 352 g/mol. The van der Waals surface area contributed by atoms with Crippen LogP contribution in [0.2, 0.25) is 0 Å². The maximum atomic E-state index is 4.25. The van der Waals surface area contributed by atoms with Crippen LogP contribution in [0.3, 0.4) is 0 Å². The Morgan fingerprint density at radius 3 is 2.08 bits per heavy atom. The summed E-state index contributed by atoms with van der Waals surface area (Å²) in [7, 11) is 7.66. The Morgan fingerprint density at radius 1 is 1.08 bits per heavy atom. The lowest BCUT2D eigenvalue weighted by atomic mass is 9.71. The molecule has 0 N–H and O–H groups in total. The molecule has 1 aliphatic carbocycles. The molecule has 2 atom stereocenters. The number of hydrogen-bond donors (Lipinski definition) is 0. The topological polar surface area (TPSA) is 12.5 Å². The van der Waals surface area contributed by atoms with Gasteiger partial charge in [-0.2, -0.15) is 0 Å². The van der Waals surface area contributed by atoms with Crippen molar-refractivity contribution in [2.45, 2.75) is 73.1 Å². The molecular weight excluding hydrogens is 306 g/mol. The molecule has 2 rings (SSSR count). The van der Waals surface area contributed by atoms with E-state index >= 15 is 0 Å². The summed E-state index contributed by atoms with van der Waals surface area (Å²) in [6, 6.07) is 9.07. The average Bonchev–Trinajstić information content (AvgIpc) is 3.03. The summed E-state index contributed by atoms with van der Waals surface area (Å²) in [4.78, 5) is 2.36. The summed E-state index contributed by atoms with van der Waals surface area (Å²) in [5.41, 5.74) is 3.63. The number of ether oxygens (including phenoxy) is 1. The van der Waals surface area contributed by atoms with E-state index in [2.05, 4.69) is 61.8 Å². The Kier molecular flexibility index (Phi) is 16.2. The quantitative estimate of drug-likeness (QED) is 0.608. The fourth-order valence-corrected chi connectivity index (χ4v) is 3.94. The molecule has 1 aliphatic rings. The maximum absolute atomic E-state index is 4.25. The summed E-state index contributed by atoms with van der Waals surface area (Å²) >= 11 is 0. The van der Waals surface area contributed by atoms with E-state index in [1.807, 2.05) is 27.7 Å². The van der Waals surface area contributed by atoms with E-state index < -0.39 is 0 Å². The van der Waals surface area contributed by atoms with Gasteiger partial charge in [0.15, 0.2) is 0 Å². The monoisotopic (exact) mass is 351 g/mol. The van der Waals surface area contributed by atoms with Gasteiger partial charge in [0.2, 0.25) is 0 Å². The van der Waals surface area contributed by atoms with Crippen LogP contribution in [0.5, 0.6) is 0 Å². The lowest BCUT2D eigenvalue weighted by molar-refractivity contribution is 0.159. The predicted octanol–water partition coefficient (Wildman–Crippen LogP) is 6.40. The highest BCUT2D eigenvalue weighted by Gasteiger charge is 2.38. The summed E-state index contributed by atoms with van der Waals surface area (Å²) < 4.78 is 4.25. The minimum absolute atomic E-state index is 0.421. The first-order chi connectivity index (χ1) is 12.0. The maximum Gasteiger partial charge on any atom is 0.0351 e. The minimum atomic E-state index is 0.421. The molecule has 0 spiro atoms. The van der Waals surface area contributed by atoms with Crippen LogP contribution in [-0.2, 0) is 11.2 Å². The Bertz CT molecular complexity index is 416. The van der Waals surface area contributed by atoms with Gasteiger partial charge in [0.1, 0.15) is 0 Å². The third-order valence-corrected chi connectivity index (χ3v) is 4.47. The van der Waals surface area contributed by atoms with Gasteiger partial charge in [-0.1, -0.05) is 72.2 Å². The van der Waals surface area contributed by atoms with Gasteiger partial charge in [0, 0.05) is 20.8 Å². The highest BCUT2D eigenvalue weighted by Crippen LogP contribution is 2.47. The standard InChI is InChI=1S/C17H27N.C2H6O.2C2H6/c1-5-12-17(2,13-18(3)4)16-11-10-14-8-6-7-9-15(14)16;1-3-2;2*1-2/h6-9,16H,5,10-13H2,1-4H3;1-2H3;2*1-2H3. The fourth-order valence-electron chi connectivity index (χ4n) is 3.94. The number of nitrogens with zero attached hydrogens (tertiary/aromatic N) is 1. The minimum Gasteiger partial charge on any atom is -0.388 e. The molecule has 1 aromatic rings. The molecule has 0 saturated carbocycles. The molecule has 148 valence electrons. The van der Waals surface area contributed by atoms with Crippen LogP contribution >= 0.6 is 0 Å². The first-order valence-corrected chi connectivity index (χ1v) is 10.1. The largest absolute Gasteiger partial charge is 0.388 e. The molecule has 2 heteroatoms. The second kappa shape index (κ2) is 15.4. The molecule has 0 heterocycles. The zero-order valence-corrected chi connectivity index (χ0v) is 18.8. The number of methoxy groups -OCH3 is 1. The van der Waals surface area contributed by atoms with Crippen molar-refractivity contribution in [3.8, 4) is 0 Å². The van der Waals surface area contributed by atoms with Crippen LogP contribution in [-0.4, -0.2) is 39.8 Å². The van der Waals surface area contributed by atoms with Crippen molar-refractivity contribution in [3.63, 3.8) is 0 Å². The van der Waals surface area contributed by atoms with Gasteiger partial charge in [-0.3, -0.25) is 0 Å². The molecule has 0 radical (unpaired) electrons. The zero-order valence-electron chi connectivity index (χ0n) is 18.8. The summed E-state index contributed by atoms with van der Waals surface area (Å²) in [6.07, 6.45) is 5.21. The smallest absolute Gasteiger partial charge is 0.0351 e. The van der Waals surface area contributed by atoms with Gasteiger partial charge in [-0.05, 0) is 55.8 Å². The molecule has 25 heavy (non-hydrogen) atoms. The van der Waals surface area contributed by atoms with Crippen molar-refractivity contribution in [2.24, 2.45) is 5.41 Å². The van der Waals surface area contributed by atoms with Crippen LogP contribution in [0.15, 0.2) is 24.3 Å². The molecule has 2 nitrogen and oxygen atoms in total. The van der Waals surface area contributed by atoms with E-state index in [9.17, 15) is 0 Å².